The van der Waals surface area contributed by atoms with Crippen LogP contribution in [0.1, 0.15) is 18.2 Å². The first-order chi connectivity index (χ1) is 10.1. The Hall–Kier alpha value is -2.55. The van der Waals surface area contributed by atoms with Crippen molar-refractivity contribution in [2.24, 2.45) is 0 Å². The minimum atomic E-state index is -0.0435. The standard InChI is InChI=1S/C18H17NO2/c1-3-12-9-14-17(15(20)10-12)19-11(2)16(18(14)21)13-7-5-4-6-8-13/h4-10,20H,3H2,1-2H3,(H,19,21). The lowest BCUT2D eigenvalue weighted by molar-refractivity contribution is 0.479. The summed E-state index contributed by atoms with van der Waals surface area (Å²) in [7, 11) is 0. The number of aromatic hydroxyl groups is 1. The largest absolute Gasteiger partial charge is 0.506 e. The third-order valence-electron chi connectivity index (χ3n) is 3.81. The molecule has 0 aliphatic rings. The second-order valence-electron chi connectivity index (χ2n) is 5.21. The first kappa shape index (κ1) is 13.4. The zero-order valence-corrected chi connectivity index (χ0v) is 12.1. The fourth-order valence-electron chi connectivity index (χ4n) is 2.71. The summed E-state index contributed by atoms with van der Waals surface area (Å²) in [5.74, 6) is 0.129. The number of aryl methyl sites for hydroxylation is 2. The van der Waals surface area contributed by atoms with Gasteiger partial charge in [0.15, 0.2) is 5.43 Å². The third kappa shape index (κ3) is 2.21. The maximum Gasteiger partial charge on any atom is 0.197 e. The van der Waals surface area contributed by atoms with E-state index in [1.165, 1.54) is 0 Å². The monoisotopic (exact) mass is 279 g/mol. The molecule has 0 fully saturated rings. The van der Waals surface area contributed by atoms with Gasteiger partial charge in [0.1, 0.15) is 5.75 Å². The minimum absolute atomic E-state index is 0.0435. The molecule has 0 aliphatic carbocycles. The molecule has 3 rings (SSSR count). The number of hydrogen-bond acceptors (Lipinski definition) is 2. The molecule has 2 aromatic carbocycles. The highest BCUT2D eigenvalue weighted by atomic mass is 16.3. The first-order valence-electron chi connectivity index (χ1n) is 7.05. The zero-order chi connectivity index (χ0) is 15.0. The second kappa shape index (κ2) is 5.09. The Kier molecular flexibility index (Phi) is 3.26. The number of nitrogens with one attached hydrogen (secondary N) is 1. The van der Waals surface area contributed by atoms with E-state index in [1.54, 1.807) is 6.07 Å². The number of phenolic OH excluding ortho intramolecular Hbond substituents is 1. The van der Waals surface area contributed by atoms with Crippen LogP contribution >= 0.6 is 0 Å². The van der Waals surface area contributed by atoms with Gasteiger partial charge in [-0.25, -0.2) is 0 Å². The van der Waals surface area contributed by atoms with E-state index >= 15 is 0 Å². The highest BCUT2D eigenvalue weighted by Gasteiger charge is 2.14. The highest BCUT2D eigenvalue weighted by Crippen LogP contribution is 2.27. The summed E-state index contributed by atoms with van der Waals surface area (Å²) in [6, 6.07) is 13.2. The van der Waals surface area contributed by atoms with Crippen LogP contribution < -0.4 is 5.43 Å². The number of rotatable bonds is 2. The van der Waals surface area contributed by atoms with Crippen LogP contribution in [0.5, 0.6) is 5.75 Å². The smallest absolute Gasteiger partial charge is 0.197 e. The van der Waals surface area contributed by atoms with Crippen molar-refractivity contribution in [2.75, 3.05) is 0 Å². The molecular weight excluding hydrogens is 262 g/mol. The van der Waals surface area contributed by atoms with Crippen LogP contribution in [0.2, 0.25) is 0 Å². The van der Waals surface area contributed by atoms with E-state index in [-0.39, 0.29) is 11.2 Å². The van der Waals surface area contributed by atoms with Crippen molar-refractivity contribution >= 4 is 10.9 Å². The van der Waals surface area contributed by atoms with Crippen molar-refractivity contribution in [1.82, 2.24) is 4.98 Å². The summed E-state index contributed by atoms with van der Waals surface area (Å²) in [5, 5.41) is 10.7. The Bertz CT molecular complexity index is 864. The van der Waals surface area contributed by atoms with Gasteiger partial charge in [-0.3, -0.25) is 4.79 Å². The fourth-order valence-corrected chi connectivity index (χ4v) is 2.71. The maximum atomic E-state index is 12.8. The van der Waals surface area contributed by atoms with Crippen LogP contribution in [0.15, 0.2) is 47.3 Å². The van der Waals surface area contributed by atoms with E-state index in [1.807, 2.05) is 50.2 Å². The minimum Gasteiger partial charge on any atom is -0.506 e. The highest BCUT2D eigenvalue weighted by molar-refractivity contribution is 5.89. The summed E-state index contributed by atoms with van der Waals surface area (Å²) in [4.78, 5) is 16.0. The third-order valence-corrected chi connectivity index (χ3v) is 3.81. The average molecular weight is 279 g/mol. The van der Waals surface area contributed by atoms with Gasteiger partial charge in [-0.1, -0.05) is 37.3 Å². The molecule has 0 amide bonds. The van der Waals surface area contributed by atoms with Crippen molar-refractivity contribution in [3.8, 4) is 16.9 Å². The van der Waals surface area contributed by atoms with Crippen molar-refractivity contribution in [3.63, 3.8) is 0 Å². The topological polar surface area (TPSA) is 53.1 Å². The molecule has 1 heterocycles. The molecule has 3 nitrogen and oxygen atoms in total. The number of aromatic amines is 1. The van der Waals surface area contributed by atoms with Gasteiger partial charge in [-0.2, -0.15) is 0 Å². The van der Waals surface area contributed by atoms with Gasteiger partial charge in [0.2, 0.25) is 0 Å². The van der Waals surface area contributed by atoms with Crippen LogP contribution in [-0.4, -0.2) is 10.1 Å². The Morgan fingerprint density at radius 3 is 2.52 bits per heavy atom. The Balaban J connectivity index is 2.41. The van der Waals surface area contributed by atoms with Crippen LogP contribution in [0.25, 0.3) is 22.0 Å². The lowest BCUT2D eigenvalue weighted by atomic mass is 9.99. The van der Waals surface area contributed by atoms with E-state index in [9.17, 15) is 9.90 Å². The molecule has 0 aliphatic heterocycles. The SMILES string of the molecule is CCc1cc(O)c2[nH]c(C)c(-c3ccccc3)c(=O)c2c1. The van der Waals surface area contributed by atoms with E-state index < -0.39 is 0 Å². The molecule has 3 heteroatoms. The number of hydrogen-bond donors (Lipinski definition) is 2. The maximum absolute atomic E-state index is 12.8. The number of phenols is 1. The van der Waals surface area contributed by atoms with Crippen molar-refractivity contribution in [1.29, 1.82) is 0 Å². The van der Waals surface area contributed by atoms with Gasteiger partial charge in [0.25, 0.3) is 0 Å². The molecule has 0 atom stereocenters. The van der Waals surface area contributed by atoms with E-state index in [0.717, 1.165) is 23.2 Å². The Labute approximate surface area is 122 Å². The summed E-state index contributed by atoms with van der Waals surface area (Å²) in [6.07, 6.45) is 0.775. The molecule has 106 valence electrons. The lowest BCUT2D eigenvalue weighted by Gasteiger charge is -2.10. The first-order valence-corrected chi connectivity index (χ1v) is 7.05. The van der Waals surface area contributed by atoms with Gasteiger partial charge in [-0.15, -0.1) is 0 Å². The van der Waals surface area contributed by atoms with E-state index in [2.05, 4.69) is 4.98 Å². The summed E-state index contributed by atoms with van der Waals surface area (Å²) in [5.41, 5.74) is 3.73. The molecule has 2 N–H and O–H groups in total. The number of fused-ring (bicyclic) bond motifs is 1. The van der Waals surface area contributed by atoms with Gasteiger partial charge in [-0.05, 0) is 36.6 Å². The van der Waals surface area contributed by atoms with Gasteiger partial charge >= 0.3 is 0 Å². The number of aromatic nitrogens is 1. The summed E-state index contributed by atoms with van der Waals surface area (Å²) in [6.45, 7) is 3.86. The molecule has 1 aromatic heterocycles. The second-order valence-corrected chi connectivity index (χ2v) is 5.21. The van der Waals surface area contributed by atoms with Crippen molar-refractivity contribution < 1.29 is 5.11 Å². The van der Waals surface area contributed by atoms with Gasteiger partial charge in [0, 0.05) is 11.3 Å². The summed E-state index contributed by atoms with van der Waals surface area (Å²) >= 11 is 0. The molecule has 0 saturated carbocycles. The fraction of sp³-hybridized carbons (Fsp3) is 0.167. The molecule has 0 spiro atoms. The predicted molar refractivity (Wildman–Crippen MR) is 85.8 cm³/mol. The van der Waals surface area contributed by atoms with Crippen LogP contribution in [0.3, 0.4) is 0 Å². The van der Waals surface area contributed by atoms with Crippen LogP contribution in [0.4, 0.5) is 0 Å². The van der Waals surface area contributed by atoms with Crippen LogP contribution in [-0.2, 0) is 6.42 Å². The van der Waals surface area contributed by atoms with E-state index in [0.29, 0.717) is 16.5 Å². The molecular formula is C18H17NO2. The molecule has 0 unspecified atom stereocenters. The quantitative estimate of drug-likeness (QED) is 0.750. The van der Waals surface area contributed by atoms with Crippen LogP contribution in [0, 0.1) is 6.92 Å². The van der Waals surface area contributed by atoms with Crippen molar-refractivity contribution in [3.05, 3.63) is 63.9 Å². The lowest BCUT2D eigenvalue weighted by Crippen LogP contribution is -2.10. The number of benzene rings is 2. The molecule has 0 saturated heterocycles. The Morgan fingerprint density at radius 2 is 1.86 bits per heavy atom. The predicted octanol–water partition coefficient (Wildman–Crippen LogP) is 3.77. The number of pyridine rings is 1. The van der Waals surface area contributed by atoms with Crippen molar-refractivity contribution in [2.45, 2.75) is 20.3 Å². The van der Waals surface area contributed by atoms with E-state index in [4.69, 9.17) is 0 Å². The molecule has 21 heavy (non-hydrogen) atoms. The Morgan fingerprint density at radius 1 is 1.14 bits per heavy atom. The molecule has 0 radical (unpaired) electrons. The van der Waals surface area contributed by atoms with Gasteiger partial charge in [0.05, 0.1) is 10.9 Å². The zero-order valence-electron chi connectivity index (χ0n) is 12.1. The summed E-state index contributed by atoms with van der Waals surface area (Å²) < 4.78 is 0. The van der Waals surface area contributed by atoms with Gasteiger partial charge < -0.3 is 10.1 Å². The molecule has 3 aromatic rings. The average Bonchev–Trinajstić information content (AvgIpc) is 2.49. The number of H-pyrrole nitrogens is 1. The normalized spacial score (nSPS) is 11.0. The molecule has 0 bridgehead atoms.